The molecule has 19 heavy (non-hydrogen) atoms. The fourth-order valence-electron chi connectivity index (χ4n) is 2.26. The van der Waals surface area contributed by atoms with E-state index in [1.54, 1.807) is 0 Å². The summed E-state index contributed by atoms with van der Waals surface area (Å²) in [6.45, 7) is 10.7. The molecule has 0 saturated carbocycles. The Labute approximate surface area is 118 Å². The molecule has 0 aliphatic rings. The van der Waals surface area contributed by atoms with Crippen molar-refractivity contribution < 1.29 is 4.74 Å². The summed E-state index contributed by atoms with van der Waals surface area (Å²) < 4.78 is 5.96. The molecule has 1 N–H and O–H groups in total. The maximum atomic E-state index is 5.96. The van der Waals surface area contributed by atoms with Crippen molar-refractivity contribution in [2.24, 2.45) is 0 Å². The van der Waals surface area contributed by atoms with E-state index in [-0.39, 0.29) is 0 Å². The van der Waals surface area contributed by atoms with Gasteiger partial charge in [0.1, 0.15) is 5.75 Å². The van der Waals surface area contributed by atoms with Gasteiger partial charge in [0.15, 0.2) is 0 Å². The summed E-state index contributed by atoms with van der Waals surface area (Å²) in [5, 5.41) is 3.43. The molecule has 0 amide bonds. The van der Waals surface area contributed by atoms with E-state index in [1.165, 1.54) is 12.0 Å². The van der Waals surface area contributed by atoms with E-state index in [2.05, 4.69) is 57.3 Å². The third-order valence-electron chi connectivity index (χ3n) is 3.65. The largest absolute Gasteiger partial charge is 0.493 e. The minimum absolute atomic E-state index is 0.567. The number of hydrogen-bond donors (Lipinski definition) is 1. The fraction of sp³-hybridized carbons (Fsp3) is 0.647. The van der Waals surface area contributed by atoms with Crippen LogP contribution in [0.3, 0.4) is 0 Å². The summed E-state index contributed by atoms with van der Waals surface area (Å²) in [5.41, 5.74) is 1.34. The van der Waals surface area contributed by atoms with Gasteiger partial charge < -0.3 is 10.1 Å². The first-order valence-corrected chi connectivity index (χ1v) is 7.64. The van der Waals surface area contributed by atoms with Gasteiger partial charge in [-0.25, -0.2) is 0 Å². The van der Waals surface area contributed by atoms with Gasteiger partial charge in [-0.3, -0.25) is 0 Å². The Morgan fingerprint density at radius 2 is 1.89 bits per heavy atom. The first kappa shape index (κ1) is 16.0. The molecule has 0 saturated heterocycles. The summed E-state index contributed by atoms with van der Waals surface area (Å²) in [4.78, 5) is 0. The van der Waals surface area contributed by atoms with Crippen LogP contribution in [-0.2, 0) is 0 Å². The molecule has 0 aliphatic carbocycles. The Hall–Kier alpha value is -1.02. The van der Waals surface area contributed by atoms with Gasteiger partial charge in [-0.05, 0) is 50.3 Å². The SMILES string of the molecule is CCNC(C)CCCOc1ccccc1C(C)CC. The highest BCUT2D eigenvalue weighted by Crippen LogP contribution is 2.28. The summed E-state index contributed by atoms with van der Waals surface area (Å²) in [6, 6.07) is 9.02. The number of nitrogens with one attached hydrogen (secondary N) is 1. The van der Waals surface area contributed by atoms with Crippen LogP contribution in [0.15, 0.2) is 24.3 Å². The van der Waals surface area contributed by atoms with Crippen LogP contribution in [0.1, 0.15) is 58.4 Å². The van der Waals surface area contributed by atoms with Crippen LogP contribution in [0.25, 0.3) is 0 Å². The second kappa shape index (κ2) is 8.98. The second-order valence-electron chi connectivity index (χ2n) is 5.30. The Balaban J connectivity index is 2.41. The third kappa shape index (κ3) is 5.65. The molecule has 0 radical (unpaired) electrons. The Bertz CT molecular complexity index is 351. The lowest BCUT2D eigenvalue weighted by Gasteiger charge is -2.16. The summed E-state index contributed by atoms with van der Waals surface area (Å²) >= 11 is 0. The quantitative estimate of drug-likeness (QED) is 0.668. The van der Waals surface area contributed by atoms with Crippen molar-refractivity contribution >= 4 is 0 Å². The average Bonchev–Trinajstić information content (AvgIpc) is 2.43. The van der Waals surface area contributed by atoms with Gasteiger partial charge in [-0.15, -0.1) is 0 Å². The molecule has 1 rings (SSSR count). The first-order valence-electron chi connectivity index (χ1n) is 7.64. The van der Waals surface area contributed by atoms with Gasteiger partial charge in [-0.2, -0.15) is 0 Å². The molecule has 2 heteroatoms. The van der Waals surface area contributed by atoms with Crippen molar-refractivity contribution in [3.05, 3.63) is 29.8 Å². The topological polar surface area (TPSA) is 21.3 Å². The van der Waals surface area contributed by atoms with E-state index in [4.69, 9.17) is 4.74 Å². The lowest BCUT2D eigenvalue weighted by molar-refractivity contribution is 0.294. The molecule has 0 aliphatic heterocycles. The molecule has 0 spiro atoms. The van der Waals surface area contributed by atoms with Gasteiger partial charge in [0.2, 0.25) is 0 Å². The molecule has 2 atom stereocenters. The molecular weight excluding hydrogens is 234 g/mol. The summed E-state index contributed by atoms with van der Waals surface area (Å²) in [6.07, 6.45) is 3.42. The van der Waals surface area contributed by atoms with Crippen molar-refractivity contribution in [1.29, 1.82) is 0 Å². The van der Waals surface area contributed by atoms with E-state index in [1.807, 2.05) is 0 Å². The van der Waals surface area contributed by atoms with Crippen molar-refractivity contribution in [2.45, 2.75) is 58.9 Å². The highest BCUT2D eigenvalue weighted by molar-refractivity contribution is 5.35. The molecular formula is C17H29NO. The van der Waals surface area contributed by atoms with Gasteiger partial charge in [0, 0.05) is 6.04 Å². The van der Waals surface area contributed by atoms with E-state index in [9.17, 15) is 0 Å². The van der Waals surface area contributed by atoms with Gasteiger partial charge in [0.25, 0.3) is 0 Å². The van der Waals surface area contributed by atoms with Crippen LogP contribution in [-0.4, -0.2) is 19.2 Å². The van der Waals surface area contributed by atoms with E-state index in [0.717, 1.165) is 31.7 Å². The number of benzene rings is 1. The zero-order valence-corrected chi connectivity index (χ0v) is 12.9. The van der Waals surface area contributed by atoms with Gasteiger partial charge in [-0.1, -0.05) is 39.0 Å². The van der Waals surface area contributed by atoms with Crippen molar-refractivity contribution in [3.63, 3.8) is 0 Å². The van der Waals surface area contributed by atoms with Crippen LogP contribution in [0.5, 0.6) is 5.75 Å². The van der Waals surface area contributed by atoms with E-state index >= 15 is 0 Å². The third-order valence-corrected chi connectivity index (χ3v) is 3.65. The summed E-state index contributed by atoms with van der Waals surface area (Å²) in [5.74, 6) is 1.63. The lowest BCUT2D eigenvalue weighted by Crippen LogP contribution is -2.25. The number of hydrogen-bond acceptors (Lipinski definition) is 2. The van der Waals surface area contributed by atoms with Crippen LogP contribution in [0.4, 0.5) is 0 Å². The highest BCUT2D eigenvalue weighted by atomic mass is 16.5. The minimum Gasteiger partial charge on any atom is -0.493 e. The normalized spacial score (nSPS) is 14.1. The Morgan fingerprint density at radius 1 is 1.16 bits per heavy atom. The van der Waals surface area contributed by atoms with Crippen molar-refractivity contribution in [3.8, 4) is 5.75 Å². The Morgan fingerprint density at radius 3 is 2.58 bits per heavy atom. The molecule has 1 aromatic rings. The molecule has 108 valence electrons. The number of para-hydroxylation sites is 1. The number of ether oxygens (including phenoxy) is 1. The van der Waals surface area contributed by atoms with E-state index in [0.29, 0.717) is 12.0 Å². The van der Waals surface area contributed by atoms with Crippen molar-refractivity contribution in [1.82, 2.24) is 5.32 Å². The molecule has 1 aromatic carbocycles. The maximum Gasteiger partial charge on any atom is 0.122 e. The van der Waals surface area contributed by atoms with Crippen LogP contribution < -0.4 is 10.1 Å². The molecule has 2 nitrogen and oxygen atoms in total. The fourth-order valence-corrected chi connectivity index (χ4v) is 2.26. The van der Waals surface area contributed by atoms with Gasteiger partial charge in [0.05, 0.1) is 6.61 Å². The molecule has 0 aromatic heterocycles. The molecule has 2 unspecified atom stereocenters. The zero-order chi connectivity index (χ0) is 14.1. The first-order chi connectivity index (χ1) is 9.19. The lowest BCUT2D eigenvalue weighted by atomic mass is 9.98. The zero-order valence-electron chi connectivity index (χ0n) is 12.9. The monoisotopic (exact) mass is 263 g/mol. The smallest absolute Gasteiger partial charge is 0.122 e. The number of rotatable bonds is 9. The average molecular weight is 263 g/mol. The van der Waals surface area contributed by atoms with Crippen LogP contribution >= 0.6 is 0 Å². The van der Waals surface area contributed by atoms with Gasteiger partial charge >= 0.3 is 0 Å². The predicted molar refractivity (Wildman–Crippen MR) is 83.0 cm³/mol. The van der Waals surface area contributed by atoms with Crippen LogP contribution in [0, 0.1) is 0 Å². The molecule has 0 fully saturated rings. The second-order valence-corrected chi connectivity index (χ2v) is 5.30. The Kier molecular flexibility index (Phi) is 7.57. The van der Waals surface area contributed by atoms with E-state index < -0.39 is 0 Å². The minimum atomic E-state index is 0.567. The highest BCUT2D eigenvalue weighted by Gasteiger charge is 2.09. The summed E-state index contributed by atoms with van der Waals surface area (Å²) in [7, 11) is 0. The molecule has 0 bridgehead atoms. The van der Waals surface area contributed by atoms with Crippen LogP contribution in [0.2, 0.25) is 0 Å². The maximum absolute atomic E-state index is 5.96. The predicted octanol–water partition coefficient (Wildman–Crippen LogP) is 4.36. The molecule has 0 heterocycles. The standard InChI is InChI=1S/C17H29NO/c1-5-14(3)16-11-7-8-12-17(16)19-13-9-10-15(4)18-6-2/h7-8,11-12,14-15,18H,5-6,9-10,13H2,1-4H3. The van der Waals surface area contributed by atoms with Crippen molar-refractivity contribution in [2.75, 3.05) is 13.2 Å².